The average Bonchev–Trinajstić information content (AvgIpc) is 3.22. The van der Waals surface area contributed by atoms with Crippen molar-refractivity contribution in [3.63, 3.8) is 0 Å². The van der Waals surface area contributed by atoms with Crippen molar-refractivity contribution in [3.05, 3.63) is 41.8 Å². The van der Waals surface area contributed by atoms with E-state index in [2.05, 4.69) is 9.89 Å². The summed E-state index contributed by atoms with van der Waals surface area (Å²) in [6.45, 7) is 1.30. The molecular weight excluding hydrogens is 435 g/mol. The van der Waals surface area contributed by atoms with Gasteiger partial charge in [-0.25, -0.2) is 4.79 Å². The minimum absolute atomic E-state index is 0.0373. The van der Waals surface area contributed by atoms with Gasteiger partial charge >= 0.3 is 12.5 Å². The van der Waals surface area contributed by atoms with E-state index in [9.17, 15) is 22.8 Å². The number of carbonyl (C=O) groups is 2. The number of benzene rings is 1. The monoisotopic (exact) mass is 457 g/mol. The third kappa shape index (κ3) is 7.06. The summed E-state index contributed by atoms with van der Waals surface area (Å²) < 4.78 is 55.9. The van der Waals surface area contributed by atoms with Crippen LogP contribution >= 0.6 is 0 Å². The number of piperidine rings is 1. The van der Waals surface area contributed by atoms with Crippen LogP contribution in [-0.2, 0) is 11.3 Å². The molecule has 1 aromatic heterocycles. The van der Waals surface area contributed by atoms with E-state index in [1.807, 2.05) is 0 Å². The Kier molecular flexibility index (Phi) is 7.44. The molecule has 1 fully saturated rings. The first-order chi connectivity index (χ1) is 15.2. The molecule has 0 saturated carbocycles. The first kappa shape index (κ1) is 23.2. The van der Waals surface area contributed by atoms with E-state index in [1.54, 1.807) is 4.90 Å². The van der Waals surface area contributed by atoms with Gasteiger partial charge in [-0.2, -0.15) is 0 Å². The summed E-state index contributed by atoms with van der Waals surface area (Å²) >= 11 is 0. The lowest BCUT2D eigenvalue weighted by Gasteiger charge is -2.31. The highest BCUT2D eigenvalue weighted by molar-refractivity contribution is 5.90. The first-order valence-corrected chi connectivity index (χ1v) is 9.85. The highest BCUT2D eigenvalue weighted by Crippen LogP contribution is 2.26. The largest absolute Gasteiger partial charge is 0.573 e. The molecule has 0 atom stereocenters. The zero-order chi connectivity index (χ0) is 23.1. The van der Waals surface area contributed by atoms with Gasteiger partial charge in [0.15, 0.2) is 18.1 Å². The number of nitrogens with zero attached hydrogens (tertiary/aromatic N) is 2. The smallest absolute Gasteiger partial charge is 0.494 e. The van der Waals surface area contributed by atoms with Crippen LogP contribution in [0, 0.1) is 5.92 Å². The summed E-state index contributed by atoms with van der Waals surface area (Å²) in [5, 5.41) is 3.47. The number of amides is 2. The standard InChI is InChI=1S/C20H22F3N3O6/c21-20(22,23)31-15-3-1-14(2-4-15)29-10-7-13-5-8-26(9-6-13)19(28)30-12-16-11-17(18(24)27)25-32-16/h1-4,11,13H,5-10,12H2,(H2,24,27). The zero-order valence-corrected chi connectivity index (χ0v) is 17.0. The number of hydrogen-bond acceptors (Lipinski definition) is 7. The topological polar surface area (TPSA) is 117 Å². The molecule has 12 heteroatoms. The second kappa shape index (κ2) is 10.2. The molecule has 1 aliphatic rings. The van der Waals surface area contributed by atoms with Gasteiger partial charge in [0.25, 0.3) is 5.91 Å². The van der Waals surface area contributed by atoms with Gasteiger partial charge in [0, 0.05) is 19.2 Å². The van der Waals surface area contributed by atoms with Crippen molar-refractivity contribution >= 4 is 12.0 Å². The van der Waals surface area contributed by atoms with Crippen LogP contribution in [0.1, 0.15) is 35.5 Å². The van der Waals surface area contributed by atoms with Crippen molar-refractivity contribution in [3.8, 4) is 11.5 Å². The van der Waals surface area contributed by atoms with E-state index in [0.29, 0.717) is 31.4 Å². The van der Waals surface area contributed by atoms with Gasteiger partial charge in [-0.05, 0) is 49.4 Å². The highest BCUT2D eigenvalue weighted by Gasteiger charge is 2.31. The molecule has 0 aliphatic carbocycles. The number of rotatable bonds is 8. The first-order valence-electron chi connectivity index (χ1n) is 9.85. The second-order valence-electron chi connectivity index (χ2n) is 7.18. The molecule has 2 amide bonds. The molecule has 9 nitrogen and oxygen atoms in total. The molecule has 1 saturated heterocycles. The predicted molar refractivity (Wildman–Crippen MR) is 103 cm³/mol. The molecule has 2 aromatic rings. The molecule has 0 unspecified atom stereocenters. The van der Waals surface area contributed by atoms with E-state index in [0.717, 1.165) is 19.3 Å². The maximum absolute atomic E-state index is 12.2. The molecule has 174 valence electrons. The molecular formula is C20H22F3N3O6. The molecule has 0 radical (unpaired) electrons. The Bertz CT molecular complexity index is 908. The maximum atomic E-state index is 12.2. The fraction of sp³-hybridized carbons (Fsp3) is 0.450. The number of likely N-dealkylation sites (tertiary alicyclic amines) is 1. The quantitative estimate of drug-likeness (QED) is 0.645. The minimum Gasteiger partial charge on any atom is -0.494 e. The lowest BCUT2D eigenvalue weighted by molar-refractivity contribution is -0.274. The van der Waals surface area contributed by atoms with Crippen LogP contribution in [0.4, 0.5) is 18.0 Å². The van der Waals surface area contributed by atoms with Crippen molar-refractivity contribution in [1.82, 2.24) is 10.1 Å². The molecule has 2 heterocycles. The Hall–Kier alpha value is -3.44. The summed E-state index contributed by atoms with van der Waals surface area (Å²) in [6.07, 6.45) is -2.93. The van der Waals surface area contributed by atoms with Crippen LogP contribution in [0.2, 0.25) is 0 Å². The number of hydrogen-bond donors (Lipinski definition) is 1. The minimum atomic E-state index is -4.73. The van der Waals surface area contributed by atoms with E-state index in [1.165, 1.54) is 30.3 Å². The Morgan fingerprint density at radius 3 is 2.41 bits per heavy atom. The number of aromatic nitrogens is 1. The van der Waals surface area contributed by atoms with Crippen LogP contribution in [0.25, 0.3) is 0 Å². The van der Waals surface area contributed by atoms with Crippen molar-refractivity contribution in [2.24, 2.45) is 11.7 Å². The molecule has 0 spiro atoms. The summed E-state index contributed by atoms with van der Waals surface area (Å²) in [4.78, 5) is 24.7. The highest BCUT2D eigenvalue weighted by atomic mass is 19.4. The second-order valence-corrected chi connectivity index (χ2v) is 7.18. The average molecular weight is 457 g/mol. The zero-order valence-electron chi connectivity index (χ0n) is 17.0. The number of carbonyl (C=O) groups excluding carboxylic acids is 2. The van der Waals surface area contributed by atoms with Crippen molar-refractivity contribution in [1.29, 1.82) is 0 Å². The lowest BCUT2D eigenvalue weighted by atomic mass is 9.94. The third-order valence-electron chi connectivity index (χ3n) is 4.87. The molecule has 32 heavy (non-hydrogen) atoms. The number of ether oxygens (including phenoxy) is 3. The summed E-state index contributed by atoms with van der Waals surface area (Å²) in [6, 6.07) is 6.54. The van der Waals surface area contributed by atoms with Crippen LogP contribution in [0.3, 0.4) is 0 Å². The lowest BCUT2D eigenvalue weighted by Crippen LogP contribution is -2.39. The Labute approximate surface area is 181 Å². The number of halogens is 3. The summed E-state index contributed by atoms with van der Waals surface area (Å²) in [7, 11) is 0. The van der Waals surface area contributed by atoms with Gasteiger partial charge in [-0.1, -0.05) is 5.16 Å². The van der Waals surface area contributed by atoms with E-state index < -0.39 is 18.4 Å². The van der Waals surface area contributed by atoms with Gasteiger partial charge in [-0.3, -0.25) is 4.79 Å². The van der Waals surface area contributed by atoms with Crippen molar-refractivity contribution in [2.45, 2.75) is 32.2 Å². The van der Waals surface area contributed by atoms with Crippen LogP contribution < -0.4 is 15.2 Å². The van der Waals surface area contributed by atoms with E-state index in [-0.39, 0.29) is 23.8 Å². The van der Waals surface area contributed by atoms with E-state index in [4.69, 9.17) is 19.7 Å². The summed E-state index contributed by atoms with van der Waals surface area (Å²) in [5.41, 5.74) is 5.04. The number of alkyl halides is 3. The Balaban J connectivity index is 1.33. The Morgan fingerprint density at radius 1 is 1.16 bits per heavy atom. The molecule has 0 bridgehead atoms. The Morgan fingerprint density at radius 2 is 1.81 bits per heavy atom. The van der Waals surface area contributed by atoms with E-state index >= 15 is 0 Å². The number of nitrogens with two attached hydrogens (primary N) is 1. The fourth-order valence-electron chi connectivity index (χ4n) is 3.21. The van der Waals surface area contributed by atoms with Crippen molar-refractivity contribution in [2.75, 3.05) is 19.7 Å². The van der Waals surface area contributed by atoms with Crippen molar-refractivity contribution < 1.29 is 41.5 Å². The van der Waals surface area contributed by atoms with Crippen LogP contribution in [0.15, 0.2) is 34.9 Å². The summed E-state index contributed by atoms with van der Waals surface area (Å²) in [5.74, 6) is -0.0190. The third-order valence-corrected chi connectivity index (χ3v) is 4.87. The van der Waals surface area contributed by atoms with Gasteiger partial charge < -0.3 is 29.4 Å². The number of primary amides is 1. The maximum Gasteiger partial charge on any atom is 0.573 e. The molecule has 2 N–H and O–H groups in total. The van der Waals surface area contributed by atoms with Gasteiger partial charge in [0.05, 0.1) is 6.61 Å². The van der Waals surface area contributed by atoms with Gasteiger partial charge in [0.1, 0.15) is 11.5 Å². The van der Waals surface area contributed by atoms with Crippen LogP contribution in [0.5, 0.6) is 11.5 Å². The molecule has 3 rings (SSSR count). The molecule has 1 aliphatic heterocycles. The SMILES string of the molecule is NC(=O)c1cc(COC(=O)N2CCC(CCOc3ccc(OC(F)(F)F)cc3)CC2)on1. The van der Waals surface area contributed by atoms with Crippen LogP contribution in [-0.4, -0.2) is 48.1 Å². The van der Waals surface area contributed by atoms with Gasteiger partial charge in [0.2, 0.25) is 0 Å². The normalized spacial score (nSPS) is 14.8. The fourth-order valence-corrected chi connectivity index (χ4v) is 3.21. The molecule has 1 aromatic carbocycles. The predicted octanol–water partition coefficient (Wildman–Crippen LogP) is 3.49. The van der Waals surface area contributed by atoms with Gasteiger partial charge in [-0.15, -0.1) is 13.2 Å².